The van der Waals surface area contributed by atoms with Crippen molar-refractivity contribution < 1.29 is 4.74 Å². The average molecular weight is 390 g/mol. The van der Waals surface area contributed by atoms with Crippen molar-refractivity contribution in [3.05, 3.63) is 54.1 Å². The smallest absolute Gasteiger partial charge is 0.119 e. The van der Waals surface area contributed by atoms with E-state index in [1.54, 1.807) is 0 Å². The highest BCUT2D eigenvalue weighted by Crippen LogP contribution is 2.34. The highest BCUT2D eigenvalue weighted by molar-refractivity contribution is 5.64. The minimum Gasteiger partial charge on any atom is -0.494 e. The molecule has 0 radical (unpaired) electrons. The van der Waals surface area contributed by atoms with Crippen molar-refractivity contribution >= 4 is 0 Å². The first kappa shape index (κ1) is 21.4. The number of hydrogen-bond donors (Lipinski definition) is 0. The van der Waals surface area contributed by atoms with E-state index in [0.29, 0.717) is 5.56 Å². The van der Waals surface area contributed by atoms with Gasteiger partial charge < -0.3 is 4.74 Å². The van der Waals surface area contributed by atoms with Gasteiger partial charge in [-0.25, -0.2) is 0 Å². The molecule has 0 bridgehead atoms. The molecule has 0 amide bonds. The molecule has 29 heavy (non-hydrogen) atoms. The molecule has 0 N–H and O–H groups in total. The van der Waals surface area contributed by atoms with Crippen molar-refractivity contribution in [2.24, 2.45) is 11.8 Å². The molecule has 0 saturated heterocycles. The van der Waals surface area contributed by atoms with Gasteiger partial charge in [-0.15, -0.1) is 0 Å². The van der Waals surface area contributed by atoms with E-state index in [1.807, 2.05) is 24.3 Å². The molecule has 2 nitrogen and oxygen atoms in total. The monoisotopic (exact) mass is 389 g/mol. The minimum atomic E-state index is 0.693. The first-order chi connectivity index (χ1) is 14.3. The summed E-state index contributed by atoms with van der Waals surface area (Å²) < 4.78 is 5.97. The molecule has 154 valence electrons. The van der Waals surface area contributed by atoms with Crippen LogP contribution < -0.4 is 4.74 Å². The molecule has 0 aliphatic heterocycles. The molecule has 0 spiro atoms. The number of rotatable bonds is 10. The number of nitrogens with zero attached hydrogens (tertiary/aromatic N) is 1. The van der Waals surface area contributed by atoms with Crippen molar-refractivity contribution in [3.63, 3.8) is 0 Å². The summed E-state index contributed by atoms with van der Waals surface area (Å²) in [7, 11) is 0. The molecule has 1 fully saturated rings. The minimum absolute atomic E-state index is 0.693. The summed E-state index contributed by atoms with van der Waals surface area (Å²) in [6.45, 7) is 3.11. The lowest BCUT2D eigenvalue weighted by Gasteiger charge is -2.28. The third kappa shape index (κ3) is 6.93. The van der Waals surface area contributed by atoms with E-state index in [-0.39, 0.29) is 0 Å². The fourth-order valence-corrected chi connectivity index (χ4v) is 4.53. The Morgan fingerprint density at radius 1 is 0.793 bits per heavy atom. The van der Waals surface area contributed by atoms with Gasteiger partial charge in [-0.3, -0.25) is 0 Å². The summed E-state index contributed by atoms with van der Waals surface area (Å²) in [6.07, 6.45) is 13.9. The van der Waals surface area contributed by atoms with E-state index >= 15 is 0 Å². The first-order valence-electron chi connectivity index (χ1n) is 11.5. The standard InChI is InChI=1S/C27H35NO/c1-2-3-4-6-22-8-10-23(11-9-22)7-5-20-29-27-18-16-26(17-19-27)25-14-12-24(21-28)13-15-25/h12-19,22-23H,2-11,20H2,1H3/t22-,23-. The highest BCUT2D eigenvalue weighted by atomic mass is 16.5. The zero-order valence-corrected chi connectivity index (χ0v) is 17.9. The van der Waals surface area contributed by atoms with E-state index in [4.69, 9.17) is 10.00 Å². The van der Waals surface area contributed by atoms with Crippen LogP contribution in [0.1, 0.15) is 76.7 Å². The third-order valence-corrected chi connectivity index (χ3v) is 6.41. The Morgan fingerprint density at radius 2 is 1.34 bits per heavy atom. The van der Waals surface area contributed by atoms with E-state index in [0.717, 1.165) is 41.7 Å². The molecule has 2 heteroatoms. The van der Waals surface area contributed by atoms with E-state index in [9.17, 15) is 0 Å². The largest absolute Gasteiger partial charge is 0.494 e. The quantitative estimate of drug-likeness (QED) is 0.389. The van der Waals surface area contributed by atoms with Crippen LogP contribution in [0, 0.1) is 23.2 Å². The fourth-order valence-electron chi connectivity index (χ4n) is 4.53. The Balaban J connectivity index is 1.33. The molecule has 1 aliphatic carbocycles. The summed E-state index contributed by atoms with van der Waals surface area (Å²) in [6, 6.07) is 18.2. The van der Waals surface area contributed by atoms with E-state index < -0.39 is 0 Å². The zero-order chi connectivity index (χ0) is 20.3. The van der Waals surface area contributed by atoms with Crippen molar-refractivity contribution in [1.29, 1.82) is 5.26 Å². The topological polar surface area (TPSA) is 33.0 Å². The summed E-state index contributed by atoms with van der Waals surface area (Å²) in [5, 5.41) is 8.91. The predicted octanol–water partition coefficient (Wildman–Crippen LogP) is 7.77. The van der Waals surface area contributed by atoms with Crippen LogP contribution in [0.4, 0.5) is 0 Å². The van der Waals surface area contributed by atoms with Gasteiger partial charge in [-0.05, 0) is 60.1 Å². The molecule has 2 aromatic carbocycles. The SMILES string of the molecule is CCCCC[C@H]1CC[C@H](CCCOc2ccc(-c3ccc(C#N)cc3)cc2)CC1. The number of benzene rings is 2. The van der Waals surface area contributed by atoms with E-state index in [1.165, 1.54) is 57.8 Å². The molecule has 0 unspecified atom stereocenters. The van der Waals surface area contributed by atoms with Crippen LogP contribution in [0.25, 0.3) is 11.1 Å². The van der Waals surface area contributed by atoms with Crippen LogP contribution in [-0.2, 0) is 0 Å². The van der Waals surface area contributed by atoms with Gasteiger partial charge in [0.2, 0.25) is 0 Å². The second-order valence-corrected chi connectivity index (χ2v) is 8.59. The van der Waals surface area contributed by atoms with Crippen LogP contribution in [-0.4, -0.2) is 6.61 Å². The number of ether oxygens (including phenoxy) is 1. The molecule has 2 aromatic rings. The van der Waals surface area contributed by atoms with Crippen LogP contribution in [0.3, 0.4) is 0 Å². The first-order valence-corrected chi connectivity index (χ1v) is 11.5. The maximum Gasteiger partial charge on any atom is 0.119 e. The van der Waals surface area contributed by atoms with Crippen molar-refractivity contribution in [2.45, 2.75) is 71.1 Å². The average Bonchev–Trinajstić information content (AvgIpc) is 2.78. The molecule has 0 heterocycles. The van der Waals surface area contributed by atoms with Gasteiger partial charge in [0.15, 0.2) is 0 Å². The van der Waals surface area contributed by atoms with Crippen LogP contribution in [0.5, 0.6) is 5.75 Å². The molecule has 0 atom stereocenters. The van der Waals surface area contributed by atoms with Gasteiger partial charge in [0.25, 0.3) is 0 Å². The van der Waals surface area contributed by atoms with Gasteiger partial charge in [-0.1, -0.05) is 82.6 Å². The Morgan fingerprint density at radius 3 is 1.90 bits per heavy atom. The Bertz CT molecular complexity index is 749. The lowest BCUT2D eigenvalue weighted by molar-refractivity contribution is 0.228. The lowest BCUT2D eigenvalue weighted by atomic mass is 9.78. The van der Waals surface area contributed by atoms with Crippen molar-refractivity contribution in [1.82, 2.24) is 0 Å². The molecular weight excluding hydrogens is 354 g/mol. The van der Waals surface area contributed by atoms with Crippen molar-refractivity contribution in [2.75, 3.05) is 6.61 Å². The zero-order valence-electron chi connectivity index (χ0n) is 17.9. The second kappa shape index (κ2) is 11.7. The predicted molar refractivity (Wildman–Crippen MR) is 121 cm³/mol. The summed E-state index contributed by atoms with van der Waals surface area (Å²) in [4.78, 5) is 0. The maximum atomic E-state index is 8.91. The molecule has 0 aromatic heterocycles. The Labute approximate surface area is 176 Å². The summed E-state index contributed by atoms with van der Waals surface area (Å²) in [5.74, 6) is 2.87. The Hall–Kier alpha value is -2.27. The number of hydrogen-bond acceptors (Lipinski definition) is 2. The number of nitriles is 1. The number of unbranched alkanes of at least 4 members (excludes halogenated alkanes) is 2. The van der Waals surface area contributed by atoms with Crippen LogP contribution in [0.2, 0.25) is 0 Å². The second-order valence-electron chi connectivity index (χ2n) is 8.59. The van der Waals surface area contributed by atoms with Gasteiger partial charge in [-0.2, -0.15) is 5.26 Å². The fraction of sp³-hybridized carbons (Fsp3) is 0.519. The molecule has 3 rings (SSSR count). The van der Waals surface area contributed by atoms with E-state index in [2.05, 4.69) is 37.3 Å². The maximum absolute atomic E-state index is 8.91. The van der Waals surface area contributed by atoms with Crippen LogP contribution in [0.15, 0.2) is 48.5 Å². The Kier molecular flexibility index (Phi) is 8.62. The summed E-state index contributed by atoms with van der Waals surface area (Å²) in [5.41, 5.74) is 2.97. The van der Waals surface area contributed by atoms with Gasteiger partial charge >= 0.3 is 0 Å². The molecular formula is C27H35NO. The third-order valence-electron chi connectivity index (χ3n) is 6.41. The molecule has 1 saturated carbocycles. The molecule has 1 aliphatic rings. The van der Waals surface area contributed by atoms with Crippen molar-refractivity contribution in [3.8, 4) is 22.9 Å². The van der Waals surface area contributed by atoms with Gasteiger partial charge in [0.05, 0.1) is 18.2 Å². The summed E-state index contributed by atoms with van der Waals surface area (Å²) >= 11 is 0. The highest BCUT2D eigenvalue weighted by Gasteiger charge is 2.20. The van der Waals surface area contributed by atoms with Gasteiger partial charge in [0, 0.05) is 0 Å². The van der Waals surface area contributed by atoms with Crippen LogP contribution >= 0.6 is 0 Å². The van der Waals surface area contributed by atoms with Gasteiger partial charge in [0.1, 0.15) is 5.75 Å². The lowest BCUT2D eigenvalue weighted by Crippen LogP contribution is -2.15. The normalized spacial score (nSPS) is 18.9.